The number of hydrogen-bond donors (Lipinski definition) is 2. The largest absolute Gasteiger partial charge is 0.399 e. The second kappa shape index (κ2) is 5.45. The maximum atomic E-state index is 12.3. The Labute approximate surface area is 121 Å². The van der Waals surface area contributed by atoms with E-state index in [4.69, 9.17) is 5.73 Å². The van der Waals surface area contributed by atoms with Crippen LogP contribution < -0.4 is 11.1 Å². The Morgan fingerprint density at radius 1 is 1.21 bits per heavy atom. The zero-order valence-electron chi connectivity index (χ0n) is 10.8. The summed E-state index contributed by atoms with van der Waals surface area (Å²) in [6, 6.07) is 11.0. The summed E-state index contributed by atoms with van der Waals surface area (Å²) in [5.74, 6) is -0.132. The number of carbonyl (C=O) groups is 1. The van der Waals surface area contributed by atoms with Crippen LogP contribution in [0.25, 0.3) is 0 Å². The first kappa shape index (κ1) is 13.6. The van der Waals surface area contributed by atoms with Crippen LogP contribution in [0.3, 0.4) is 0 Å². The smallest absolute Gasteiger partial charge is 0.255 e. The molecule has 0 unspecified atom stereocenters. The molecule has 0 heterocycles. The van der Waals surface area contributed by atoms with Crippen molar-refractivity contribution in [1.29, 1.82) is 0 Å². The number of aryl methyl sites for hydroxylation is 1. The van der Waals surface area contributed by atoms with Crippen LogP contribution in [0, 0.1) is 13.8 Å². The van der Waals surface area contributed by atoms with Crippen molar-refractivity contribution in [1.82, 2.24) is 0 Å². The first-order valence-corrected chi connectivity index (χ1v) is 6.71. The third-order valence-electron chi connectivity index (χ3n) is 3.09. The molecule has 0 aliphatic rings. The number of nitrogens with one attached hydrogen (secondary N) is 1. The van der Waals surface area contributed by atoms with E-state index in [2.05, 4.69) is 21.2 Å². The summed E-state index contributed by atoms with van der Waals surface area (Å²) in [5, 5.41) is 2.87. The van der Waals surface area contributed by atoms with Crippen molar-refractivity contribution in [2.45, 2.75) is 13.8 Å². The van der Waals surface area contributed by atoms with Gasteiger partial charge in [-0.05, 0) is 65.2 Å². The molecule has 3 nitrogen and oxygen atoms in total. The van der Waals surface area contributed by atoms with Gasteiger partial charge in [-0.25, -0.2) is 0 Å². The number of rotatable bonds is 2. The minimum absolute atomic E-state index is 0.132. The summed E-state index contributed by atoms with van der Waals surface area (Å²) in [6.07, 6.45) is 0. The molecule has 0 aliphatic carbocycles. The van der Waals surface area contributed by atoms with Crippen LogP contribution in [0.2, 0.25) is 0 Å². The fourth-order valence-electron chi connectivity index (χ4n) is 1.83. The van der Waals surface area contributed by atoms with Crippen LogP contribution in [0.1, 0.15) is 21.5 Å². The number of nitrogens with two attached hydrogens (primary N) is 1. The lowest BCUT2D eigenvalue weighted by molar-refractivity contribution is 0.102. The molecular weight excluding hydrogens is 304 g/mol. The van der Waals surface area contributed by atoms with E-state index in [1.165, 1.54) is 0 Å². The lowest BCUT2D eigenvalue weighted by Crippen LogP contribution is -2.14. The topological polar surface area (TPSA) is 55.1 Å². The van der Waals surface area contributed by atoms with Crippen LogP contribution in [0.5, 0.6) is 0 Å². The molecule has 19 heavy (non-hydrogen) atoms. The van der Waals surface area contributed by atoms with E-state index in [9.17, 15) is 4.79 Å². The van der Waals surface area contributed by atoms with Crippen LogP contribution in [0.4, 0.5) is 11.4 Å². The number of benzene rings is 2. The molecule has 0 saturated heterocycles. The molecule has 4 heteroatoms. The molecule has 98 valence electrons. The van der Waals surface area contributed by atoms with Gasteiger partial charge >= 0.3 is 0 Å². The summed E-state index contributed by atoms with van der Waals surface area (Å²) in [7, 11) is 0. The summed E-state index contributed by atoms with van der Waals surface area (Å²) < 4.78 is 0.806. The third-order valence-corrected chi connectivity index (χ3v) is 3.78. The van der Waals surface area contributed by atoms with Crippen LogP contribution in [-0.4, -0.2) is 5.91 Å². The highest BCUT2D eigenvalue weighted by molar-refractivity contribution is 9.10. The van der Waals surface area contributed by atoms with E-state index < -0.39 is 0 Å². The van der Waals surface area contributed by atoms with Gasteiger partial charge < -0.3 is 11.1 Å². The average molecular weight is 319 g/mol. The average Bonchev–Trinajstić information content (AvgIpc) is 2.37. The van der Waals surface area contributed by atoms with Crippen LogP contribution in [0.15, 0.2) is 40.9 Å². The van der Waals surface area contributed by atoms with Crippen molar-refractivity contribution in [2.24, 2.45) is 0 Å². The van der Waals surface area contributed by atoms with E-state index in [0.717, 1.165) is 15.6 Å². The van der Waals surface area contributed by atoms with E-state index in [1.807, 2.05) is 38.1 Å². The zero-order valence-corrected chi connectivity index (χ0v) is 12.4. The van der Waals surface area contributed by atoms with Gasteiger partial charge in [-0.1, -0.05) is 12.1 Å². The van der Waals surface area contributed by atoms with E-state index in [1.54, 1.807) is 12.1 Å². The molecule has 0 bridgehead atoms. The fourth-order valence-corrected chi connectivity index (χ4v) is 2.17. The van der Waals surface area contributed by atoms with Gasteiger partial charge in [-0.3, -0.25) is 4.79 Å². The molecule has 2 rings (SSSR count). The zero-order chi connectivity index (χ0) is 14.0. The lowest BCUT2D eigenvalue weighted by atomic mass is 10.0. The molecule has 3 N–H and O–H groups in total. The Balaban J connectivity index is 2.31. The van der Waals surface area contributed by atoms with Crippen LogP contribution in [-0.2, 0) is 0 Å². The molecule has 0 atom stereocenters. The third kappa shape index (κ3) is 2.96. The van der Waals surface area contributed by atoms with Gasteiger partial charge in [0.15, 0.2) is 0 Å². The Morgan fingerprint density at radius 3 is 2.68 bits per heavy atom. The first-order valence-electron chi connectivity index (χ1n) is 5.91. The number of anilines is 2. The number of nitrogen functional groups attached to an aromatic ring is 1. The van der Waals surface area contributed by atoms with E-state index in [-0.39, 0.29) is 5.91 Å². The highest BCUT2D eigenvalue weighted by atomic mass is 79.9. The van der Waals surface area contributed by atoms with Gasteiger partial charge in [0, 0.05) is 15.7 Å². The van der Waals surface area contributed by atoms with E-state index in [0.29, 0.717) is 16.9 Å². The van der Waals surface area contributed by atoms with Crippen LogP contribution >= 0.6 is 15.9 Å². The predicted octanol–water partition coefficient (Wildman–Crippen LogP) is 3.90. The van der Waals surface area contributed by atoms with Crippen molar-refractivity contribution in [3.05, 3.63) is 57.6 Å². The molecule has 0 radical (unpaired) electrons. The first-order chi connectivity index (χ1) is 8.99. The Kier molecular flexibility index (Phi) is 3.90. The SMILES string of the molecule is Cc1cccc(C(=O)Nc2cc(N)ccc2Br)c1C. The number of halogens is 1. The summed E-state index contributed by atoms with van der Waals surface area (Å²) in [5.41, 5.74) is 9.76. The summed E-state index contributed by atoms with van der Waals surface area (Å²) in [6.45, 7) is 3.93. The maximum Gasteiger partial charge on any atom is 0.255 e. The molecule has 0 fully saturated rings. The van der Waals surface area contributed by atoms with Crippen molar-refractivity contribution >= 4 is 33.2 Å². The van der Waals surface area contributed by atoms with Gasteiger partial charge in [0.25, 0.3) is 5.91 Å². The van der Waals surface area contributed by atoms with Crippen molar-refractivity contribution in [2.75, 3.05) is 11.1 Å². The second-order valence-corrected chi connectivity index (χ2v) is 5.30. The second-order valence-electron chi connectivity index (χ2n) is 4.44. The molecule has 0 saturated carbocycles. The van der Waals surface area contributed by atoms with E-state index >= 15 is 0 Å². The molecular formula is C15H15BrN2O. The summed E-state index contributed by atoms with van der Waals surface area (Å²) >= 11 is 3.39. The van der Waals surface area contributed by atoms with Crippen molar-refractivity contribution in [3.63, 3.8) is 0 Å². The van der Waals surface area contributed by atoms with Gasteiger partial charge in [0.1, 0.15) is 0 Å². The standard InChI is InChI=1S/C15H15BrN2O/c1-9-4-3-5-12(10(9)2)15(19)18-14-8-11(17)6-7-13(14)16/h3-8H,17H2,1-2H3,(H,18,19). The quantitative estimate of drug-likeness (QED) is 0.825. The highest BCUT2D eigenvalue weighted by Gasteiger charge is 2.11. The van der Waals surface area contributed by atoms with Gasteiger partial charge in [-0.15, -0.1) is 0 Å². The minimum atomic E-state index is -0.132. The van der Waals surface area contributed by atoms with Gasteiger partial charge in [0.2, 0.25) is 0 Å². The Morgan fingerprint density at radius 2 is 1.95 bits per heavy atom. The molecule has 2 aromatic carbocycles. The maximum absolute atomic E-state index is 12.3. The number of hydrogen-bond acceptors (Lipinski definition) is 2. The molecule has 2 aromatic rings. The molecule has 0 aromatic heterocycles. The lowest BCUT2D eigenvalue weighted by Gasteiger charge is -2.11. The van der Waals surface area contributed by atoms with Gasteiger partial charge in [0.05, 0.1) is 5.69 Å². The summed E-state index contributed by atoms with van der Waals surface area (Å²) in [4.78, 5) is 12.3. The van der Waals surface area contributed by atoms with Crippen molar-refractivity contribution < 1.29 is 4.79 Å². The minimum Gasteiger partial charge on any atom is -0.399 e. The molecule has 0 aliphatic heterocycles. The molecule has 0 spiro atoms. The fraction of sp³-hybridized carbons (Fsp3) is 0.133. The highest BCUT2D eigenvalue weighted by Crippen LogP contribution is 2.25. The molecule has 1 amide bonds. The Bertz CT molecular complexity index is 638. The number of carbonyl (C=O) groups excluding carboxylic acids is 1. The van der Waals surface area contributed by atoms with Gasteiger partial charge in [-0.2, -0.15) is 0 Å². The monoisotopic (exact) mass is 318 g/mol. The number of amides is 1. The Hall–Kier alpha value is -1.81. The van der Waals surface area contributed by atoms with Crippen molar-refractivity contribution in [3.8, 4) is 0 Å². The normalized spacial score (nSPS) is 10.3. The predicted molar refractivity (Wildman–Crippen MR) is 82.4 cm³/mol.